The van der Waals surface area contributed by atoms with Crippen molar-refractivity contribution < 1.29 is 8.42 Å². The predicted molar refractivity (Wildman–Crippen MR) is 68.4 cm³/mol. The summed E-state index contributed by atoms with van der Waals surface area (Å²) in [6.07, 6.45) is 0.879. The van der Waals surface area contributed by atoms with Gasteiger partial charge >= 0.3 is 0 Å². The number of hydrogen-bond donors (Lipinski definition) is 1. The Morgan fingerprint density at radius 2 is 2.18 bits per heavy atom. The number of benzene rings is 1. The summed E-state index contributed by atoms with van der Waals surface area (Å²) < 4.78 is 26.2. The molecule has 0 spiro atoms. The van der Waals surface area contributed by atoms with Crippen LogP contribution >= 0.6 is 11.6 Å². The summed E-state index contributed by atoms with van der Waals surface area (Å²) in [6, 6.07) is 4.74. The summed E-state index contributed by atoms with van der Waals surface area (Å²) in [5.74, 6) is 0.383. The Morgan fingerprint density at radius 3 is 2.71 bits per heavy atom. The number of anilines is 1. The van der Waals surface area contributed by atoms with Gasteiger partial charge in [-0.1, -0.05) is 24.6 Å². The minimum absolute atomic E-state index is 0.0377. The maximum atomic E-state index is 12.4. The normalized spacial score (nSPS) is 21.9. The maximum absolute atomic E-state index is 12.4. The van der Waals surface area contributed by atoms with Crippen LogP contribution in [0.15, 0.2) is 23.1 Å². The van der Waals surface area contributed by atoms with Crippen LogP contribution in [0.2, 0.25) is 5.02 Å². The molecule has 1 atom stereocenters. The van der Waals surface area contributed by atoms with Crippen molar-refractivity contribution >= 4 is 27.3 Å². The van der Waals surface area contributed by atoms with Gasteiger partial charge in [0.25, 0.3) is 0 Å². The monoisotopic (exact) mass is 274 g/mol. The maximum Gasteiger partial charge on any atom is 0.246 e. The number of nitrogen functional groups attached to an aromatic ring is 1. The van der Waals surface area contributed by atoms with Gasteiger partial charge in [0.1, 0.15) is 4.90 Å². The Bertz CT molecular complexity index is 510. The summed E-state index contributed by atoms with van der Waals surface area (Å²) in [5, 5.41) is 0.185. The molecule has 0 radical (unpaired) electrons. The van der Waals surface area contributed by atoms with Crippen LogP contribution in [0.4, 0.5) is 5.69 Å². The van der Waals surface area contributed by atoms with Crippen LogP contribution < -0.4 is 5.73 Å². The molecule has 2 N–H and O–H groups in total. The SMILES string of the molecule is CC1CCN(S(=O)(=O)c2c(N)cccc2Cl)C1. The molecule has 4 nitrogen and oxygen atoms in total. The van der Waals surface area contributed by atoms with E-state index in [1.165, 1.54) is 4.31 Å². The Labute approximate surface area is 106 Å². The first kappa shape index (κ1) is 12.7. The fraction of sp³-hybridized carbons (Fsp3) is 0.455. The summed E-state index contributed by atoms with van der Waals surface area (Å²) in [7, 11) is -3.56. The van der Waals surface area contributed by atoms with Crippen molar-refractivity contribution in [3.63, 3.8) is 0 Å². The molecule has 1 fully saturated rings. The molecular weight excluding hydrogens is 260 g/mol. The van der Waals surface area contributed by atoms with E-state index in [2.05, 4.69) is 0 Å². The van der Waals surface area contributed by atoms with Crippen molar-refractivity contribution in [2.45, 2.75) is 18.2 Å². The largest absolute Gasteiger partial charge is 0.398 e. The van der Waals surface area contributed by atoms with E-state index in [0.29, 0.717) is 19.0 Å². The molecule has 0 aliphatic carbocycles. The molecule has 1 saturated heterocycles. The Hall–Kier alpha value is -0.780. The van der Waals surface area contributed by atoms with Gasteiger partial charge in [0.15, 0.2) is 0 Å². The number of nitrogens with two attached hydrogens (primary N) is 1. The van der Waals surface area contributed by atoms with E-state index >= 15 is 0 Å². The third kappa shape index (κ3) is 2.27. The van der Waals surface area contributed by atoms with Gasteiger partial charge < -0.3 is 5.73 Å². The Balaban J connectivity index is 2.45. The topological polar surface area (TPSA) is 63.4 Å². The summed E-state index contributed by atoms with van der Waals surface area (Å²) >= 11 is 5.94. The Morgan fingerprint density at radius 1 is 1.47 bits per heavy atom. The number of nitrogens with zero attached hydrogens (tertiary/aromatic N) is 1. The standard InChI is InChI=1S/C11H15ClN2O2S/c1-8-5-6-14(7-8)17(15,16)11-9(12)3-2-4-10(11)13/h2-4,8H,5-7,13H2,1H3. The molecule has 94 valence electrons. The molecule has 6 heteroatoms. The van der Waals surface area contributed by atoms with E-state index in [1.54, 1.807) is 18.2 Å². The first-order valence-electron chi connectivity index (χ1n) is 5.47. The summed E-state index contributed by atoms with van der Waals surface area (Å²) in [6.45, 7) is 3.10. The molecular formula is C11H15ClN2O2S. The quantitative estimate of drug-likeness (QED) is 0.839. The minimum atomic E-state index is -3.56. The van der Waals surface area contributed by atoms with E-state index in [0.717, 1.165) is 6.42 Å². The average Bonchev–Trinajstić information content (AvgIpc) is 2.64. The second-order valence-corrected chi connectivity index (χ2v) is 6.70. The van der Waals surface area contributed by atoms with Crippen LogP contribution in [0.1, 0.15) is 13.3 Å². The van der Waals surface area contributed by atoms with Crippen LogP contribution in [-0.2, 0) is 10.0 Å². The van der Waals surface area contributed by atoms with E-state index in [9.17, 15) is 8.42 Å². The second kappa shape index (κ2) is 4.48. The third-order valence-corrected chi connectivity index (χ3v) is 5.39. The summed E-state index contributed by atoms with van der Waals surface area (Å²) in [4.78, 5) is 0.0377. The third-order valence-electron chi connectivity index (χ3n) is 2.98. The van der Waals surface area contributed by atoms with Gasteiger partial charge in [-0.05, 0) is 24.5 Å². The van der Waals surface area contributed by atoms with E-state index in [1.807, 2.05) is 6.92 Å². The highest BCUT2D eigenvalue weighted by atomic mass is 35.5. The highest BCUT2D eigenvalue weighted by molar-refractivity contribution is 7.89. The molecule has 1 heterocycles. The van der Waals surface area contributed by atoms with Gasteiger partial charge in [-0.2, -0.15) is 4.31 Å². The van der Waals surface area contributed by atoms with E-state index in [4.69, 9.17) is 17.3 Å². The smallest absolute Gasteiger partial charge is 0.246 e. The second-order valence-electron chi connectivity index (χ2n) is 4.42. The van der Waals surface area contributed by atoms with Gasteiger partial charge in [-0.15, -0.1) is 0 Å². The first-order chi connectivity index (χ1) is 7.93. The first-order valence-corrected chi connectivity index (χ1v) is 7.29. The minimum Gasteiger partial charge on any atom is -0.398 e. The van der Waals surface area contributed by atoms with Crippen molar-refractivity contribution in [1.29, 1.82) is 0 Å². The lowest BCUT2D eigenvalue weighted by Crippen LogP contribution is -2.29. The molecule has 17 heavy (non-hydrogen) atoms. The van der Waals surface area contributed by atoms with Crippen LogP contribution in [0, 0.1) is 5.92 Å². The van der Waals surface area contributed by atoms with Gasteiger partial charge in [0, 0.05) is 13.1 Å². The molecule has 1 aromatic rings. The lowest BCUT2D eigenvalue weighted by molar-refractivity contribution is 0.465. The van der Waals surface area contributed by atoms with Gasteiger partial charge in [-0.3, -0.25) is 0 Å². The van der Waals surface area contributed by atoms with Crippen molar-refractivity contribution in [2.24, 2.45) is 5.92 Å². The van der Waals surface area contributed by atoms with Crippen LogP contribution in [0.25, 0.3) is 0 Å². The van der Waals surface area contributed by atoms with Crippen molar-refractivity contribution in [1.82, 2.24) is 4.31 Å². The lowest BCUT2D eigenvalue weighted by atomic mass is 10.2. The molecule has 0 aromatic heterocycles. The van der Waals surface area contributed by atoms with E-state index < -0.39 is 10.0 Å². The highest BCUT2D eigenvalue weighted by Crippen LogP contribution is 2.32. The Kier molecular flexibility index (Phi) is 3.34. The number of hydrogen-bond acceptors (Lipinski definition) is 3. The number of sulfonamides is 1. The molecule has 0 saturated carbocycles. The van der Waals surface area contributed by atoms with E-state index in [-0.39, 0.29) is 15.6 Å². The zero-order valence-corrected chi connectivity index (χ0v) is 11.1. The number of halogens is 1. The van der Waals surface area contributed by atoms with Gasteiger partial charge in [0.05, 0.1) is 10.7 Å². The molecule has 1 aliphatic heterocycles. The van der Waals surface area contributed by atoms with Crippen molar-refractivity contribution in [2.75, 3.05) is 18.8 Å². The molecule has 2 rings (SSSR count). The molecule has 1 aliphatic rings. The highest BCUT2D eigenvalue weighted by Gasteiger charge is 2.33. The van der Waals surface area contributed by atoms with Crippen LogP contribution in [0.3, 0.4) is 0 Å². The fourth-order valence-electron chi connectivity index (χ4n) is 2.04. The fourth-order valence-corrected chi connectivity index (χ4v) is 4.25. The molecule has 0 bridgehead atoms. The molecule has 1 unspecified atom stereocenters. The average molecular weight is 275 g/mol. The van der Waals surface area contributed by atoms with Gasteiger partial charge in [0.2, 0.25) is 10.0 Å². The molecule has 1 aromatic carbocycles. The lowest BCUT2D eigenvalue weighted by Gasteiger charge is -2.18. The van der Waals surface area contributed by atoms with Crippen LogP contribution in [0.5, 0.6) is 0 Å². The zero-order valence-electron chi connectivity index (χ0n) is 9.56. The molecule has 0 amide bonds. The van der Waals surface area contributed by atoms with Crippen molar-refractivity contribution in [3.8, 4) is 0 Å². The van der Waals surface area contributed by atoms with Crippen LogP contribution in [-0.4, -0.2) is 25.8 Å². The number of rotatable bonds is 2. The summed E-state index contributed by atoms with van der Waals surface area (Å²) in [5.41, 5.74) is 5.93. The zero-order chi connectivity index (χ0) is 12.6. The van der Waals surface area contributed by atoms with Gasteiger partial charge in [-0.25, -0.2) is 8.42 Å². The predicted octanol–water partition coefficient (Wildman–Crippen LogP) is 1.95. The van der Waals surface area contributed by atoms with Crippen molar-refractivity contribution in [3.05, 3.63) is 23.2 Å².